The second-order valence-corrected chi connectivity index (χ2v) is 5.05. The molecule has 112 valence electrons. The van der Waals surface area contributed by atoms with Gasteiger partial charge in [0.1, 0.15) is 0 Å². The minimum atomic E-state index is -0.701. The summed E-state index contributed by atoms with van der Waals surface area (Å²) < 4.78 is 11.0. The Morgan fingerprint density at radius 1 is 1.38 bits per heavy atom. The molecule has 0 saturated heterocycles. The van der Waals surface area contributed by atoms with Crippen LogP contribution in [-0.4, -0.2) is 22.8 Å². The zero-order chi connectivity index (χ0) is 15.4. The molecule has 5 heteroatoms. The maximum atomic E-state index is 11.0. The molecular weight excluding hydrogens is 268 g/mol. The summed E-state index contributed by atoms with van der Waals surface area (Å²) in [5, 5.41) is 0. The quantitative estimate of drug-likeness (QED) is 0.809. The second kappa shape index (κ2) is 6.43. The summed E-state index contributed by atoms with van der Waals surface area (Å²) >= 11 is 0. The molecule has 0 saturated carbocycles. The Hall–Kier alpha value is -2.30. The van der Waals surface area contributed by atoms with Gasteiger partial charge in [0.25, 0.3) is 0 Å². The maximum absolute atomic E-state index is 11.0. The summed E-state index contributed by atoms with van der Waals surface area (Å²) in [6.45, 7) is 6.45. The normalized spacial score (nSPS) is 12.0. The highest BCUT2D eigenvalue weighted by Gasteiger charge is 2.14. The van der Waals surface area contributed by atoms with Gasteiger partial charge in [-0.05, 0) is 30.5 Å². The fourth-order valence-electron chi connectivity index (χ4n) is 2.26. The minimum Gasteiger partial charge on any atom is -0.438 e. The first-order valence-electron chi connectivity index (χ1n) is 6.81. The Kier molecular flexibility index (Phi) is 4.62. The number of hydrogen-bond donors (Lipinski definition) is 0. The van der Waals surface area contributed by atoms with Crippen LogP contribution in [0.15, 0.2) is 30.7 Å². The molecule has 5 nitrogen and oxygen atoms in total. The first-order valence-corrected chi connectivity index (χ1v) is 6.81. The molecule has 2 aromatic rings. The summed E-state index contributed by atoms with van der Waals surface area (Å²) in [5.41, 5.74) is 4.75. The van der Waals surface area contributed by atoms with Crippen molar-refractivity contribution in [3.8, 4) is 0 Å². The van der Waals surface area contributed by atoms with E-state index in [1.165, 1.54) is 23.8 Å². The van der Waals surface area contributed by atoms with Crippen molar-refractivity contribution in [3.63, 3.8) is 0 Å². The zero-order valence-corrected chi connectivity index (χ0v) is 12.8. The lowest BCUT2D eigenvalue weighted by atomic mass is 9.92. The van der Waals surface area contributed by atoms with Gasteiger partial charge in [0, 0.05) is 12.1 Å². The molecule has 0 aliphatic heterocycles. The number of carbonyl (C=O) groups excluding carboxylic acids is 1. The lowest BCUT2D eigenvalue weighted by Gasteiger charge is -2.14. The van der Waals surface area contributed by atoms with Crippen molar-refractivity contribution in [2.24, 2.45) is 0 Å². The minimum absolute atomic E-state index is 0.0964. The smallest absolute Gasteiger partial charge is 0.438 e. The SMILES string of the molecule is COC(=O)OCn1cnc([C@@H](C)c2cccc(C)c2C)c1. The van der Waals surface area contributed by atoms with Crippen molar-refractivity contribution in [1.82, 2.24) is 9.55 Å². The van der Waals surface area contributed by atoms with E-state index in [4.69, 9.17) is 4.74 Å². The van der Waals surface area contributed by atoms with Crippen LogP contribution in [0.1, 0.15) is 35.2 Å². The molecule has 0 bridgehead atoms. The number of carbonyl (C=O) groups is 1. The number of methoxy groups -OCH3 is 1. The molecule has 2 rings (SSSR count). The summed E-state index contributed by atoms with van der Waals surface area (Å²) in [6.07, 6.45) is 2.84. The molecule has 0 spiro atoms. The van der Waals surface area contributed by atoms with Gasteiger partial charge in [0.15, 0.2) is 6.73 Å². The highest BCUT2D eigenvalue weighted by molar-refractivity contribution is 5.59. The number of rotatable bonds is 4. The number of aryl methyl sites for hydroxylation is 1. The fraction of sp³-hybridized carbons (Fsp3) is 0.375. The van der Waals surface area contributed by atoms with Crippen LogP contribution < -0.4 is 0 Å². The van der Waals surface area contributed by atoms with Gasteiger partial charge in [0.05, 0.1) is 19.1 Å². The third-order valence-corrected chi connectivity index (χ3v) is 3.71. The van der Waals surface area contributed by atoms with Crippen LogP contribution >= 0.6 is 0 Å². The number of hydrogen-bond acceptors (Lipinski definition) is 4. The monoisotopic (exact) mass is 288 g/mol. The Bertz CT molecular complexity index is 634. The lowest BCUT2D eigenvalue weighted by molar-refractivity contribution is 0.0486. The van der Waals surface area contributed by atoms with E-state index >= 15 is 0 Å². The molecule has 1 aromatic heterocycles. The Morgan fingerprint density at radius 3 is 2.86 bits per heavy atom. The number of imidazole rings is 1. The summed E-state index contributed by atoms with van der Waals surface area (Å²) in [4.78, 5) is 15.3. The van der Waals surface area contributed by atoms with E-state index in [9.17, 15) is 4.79 Å². The molecule has 21 heavy (non-hydrogen) atoms. The van der Waals surface area contributed by atoms with Crippen LogP contribution in [0.2, 0.25) is 0 Å². The van der Waals surface area contributed by atoms with E-state index < -0.39 is 6.16 Å². The average Bonchev–Trinajstić information content (AvgIpc) is 2.95. The van der Waals surface area contributed by atoms with E-state index in [0.29, 0.717) is 0 Å². The first-order chi connectivity index (χ1) is 10.0. The van der Waals surface area contributed by atoms with Crippen LogP contribution in [0.5, 0.6) is 0 Å². The Labute approximate surface area is 124 Å². The molecule has 0 aliphatic carbocycles. The molecule has 0 radical (unpaired) electrons. The molecule has 0 unspecified atom stereocenters. The Balaban J connectivity index is 2.13. The van der Waals surface area contributed by atoms with Gasteiger partial charge in [-0.2, -0.15) is 0 Å². The zero-order valence-electron chi connectivity index (χ0n) is 12.8. The summed E-state index contributed by atoms with van der Waals surface area (Å²) in [6, 6.07) is 6.29. The van der Waals surface area contributed by atoms with E-state index in [1.807, 2.05) is 6.20 Å². The van der Waals surface area contributed by atoms with Gasteiger partial charge >= 0.3 is 6.16 Å². The highest BCUT2D eigenvalue weighted by atomic mass is 16.7. The Morgan fingerprint density at radius 2 is 2.14 bits per heavy atom. The number of aromatic nitrogens is 2. The van der Waals surface area contributed by atoms with Crippen molar-refractivity contribution >= 4 is 6.16 Å². The van der Waals surface area contributed by atoms with Crippen LogP contribution in [0.25, 0.3) is 0 Å². The van der Waals surface area contributed by atoms with Gasteiger partial charge in [-0.3, -0.25) is 0 Å². The van der Waals surface area contributed by atoms with Gasteiger partial charge in [-0.1, -0.05) is 25.1 Å². The van der Waals surface area contributed by atoms with Crippen molar-refractivity contribution in [1.29, 1.82) is 0 Å². The standard InChI is InChI=1S/C16H20N2O3/c1-11-6-5-7-14(12(11)2)13(3)15-8-18(9-17-15)10-21-16(19)20-4/h5-9,13H,10H2,1-4H3/t13-/m0/s1. The molecule has 1 heterocycles. The fourth-order valence-corrected chi connectivity index (χ4v) is 2.26. The van der Waals surface area contributed by atoms with Gasteiger partial charge in [-0.15, -0.1) is 0 Å². The predicted octanol–water partition coefficient (Wildman–Crippen LogP) is 3.39. The maximum Gasteiger partial charge on any atom is 0.509 e. The van der Waals surface area contributed by atoms with Crippen LogP contribution in [0.4, 0.5) is 4.79 Å². The molecular formula is C16H20N2O3. The highest BCUT2D eigenvalue weighted by Crippen LogP contribution is 2.27. The number of ether oxygens (including phenoxy) is 2. The summed E-state index contributed by atoms with van der Waals surface area (Å²) in [5.74, 6) is 0.185. The van der Waals surface area contributed by atoms with Crippen LogP contribution in [0, 0.1) is 13.8 Å². The number of benzene rings is 1. The molecule has 1 aromatic carbocycles. The van der Waals surface area contributed by atoms with Gasteiger partial charge < -0.3 is 14.0 Å². The lowest BCUT2D eigenvalue weighted by Crippen LogP contribution is -2.08. The van der Waals surface area contributed by atoms with Crippen LogP contribution in [0.3, 0.4) is 0 Å². The van der Waals surface area contributed by atoms with E-state index in [-0.39, 0.29) is 12.6 Å². The van der Waals surface area contributed by atoms with Gasteiger partial charge in [-0.25, -0.2) is 9.78 Å². The molecule has 0 amide bonds. The van der Waals surface area contributed by atoms with Crippen molar-refractivity contribution in [2.45, 2.75) is 33.4 Å². The third kappa shape index (κ3) is 3.42. The van der Waals surface area contributed by atoms with Crippen molar-refractivity contribution < 1.29 is 14.3 Å². The molecule has 0 fully saturated rings. The average molecular weight is 288 g/mol. The molecule has 0 N–H and O–H groups in total. The second-order valence-electron chi connectivity index (χ2n) is 5.05. The predicted molar refractivity (Wildman–Crippen MR) is 79.2 cm³/mol. The number of nitrogens with zero attached hydrogens (tertiary/aromatic N) is 2. The van der Waals surface area contributed by atoms with Crippen molar-refractivity contribution in [2.75, 3.05) is 7.11 Å². The van der Waals surface area contributed by atoms with Crippen molar-refractivity contribution in [3.05, 3.63) is 53.1 Å². The molecule has 1 atom stereocenters. The van der Waals surface area contributed by atoms with E-state index in [1.54, 1.807) is 10.9 Å². The van der Waals surface area contributed by atoms with E-state index in [2.05, 4.69) is 48.7 Å². The topological polar surface area (TPSA) is 53.4 Å². The van der Waals surface area contributed by atoms with Gasteiger partial charge in [0.2, 0.25) is 0 Å². The summed E-state index contributed by atoms with van der Waals surface area (Å²) in [7, 11) is 1.28. The van der Waals surface area contributed by atoms with E-state index in [0.717, 1.165) is 5.69 Å². The largest absolute Gasteiger partial charge is 0.509 e. The third-order valence-electron chi connectivity index (χ3n) is 3.71. The molecule has 0 aliphatic rings. The van der Waals surface area contributed by atoms with Crippen LogP contribution in [-0.2, 0) is 16.2 Å². The first kappa shape index (κ1) is 15.1.